The van der Waals surface area contributed by atoms with E-state index in [2.05, 4.69) is 10.2 Å². The molecular weight excluding hydrogens is 448 g/mol. The van der Waals surface area contributed by atoms with Crippen molar-refractivity contribution < 1.29 is 23.9 Å². The van der Waals surface area contributed by atoms with E-state index in [4.69, 9.17) is 4.42 Å². The molecule has 5 rings (SSSR count). The van der Waals surface area contributed by atoms with Crippen LogP contribution in [0.5, 0.6) is 0 Å². The van der Waals surface area contributed by atoms with Gasteiger partial charge < -0.3 is 19.3 Å². The topological polar surface area (TPSA) is 117 Å². The molecular formula is C26H26N4O5. The van der Waals surface area contributed by atoms with Gasteiger partial charge in [0.15, 0.2) is 0 Å². The van der Waals surface area contributed by atoms with Crippen molar-refractivity contribution in [2.24, 2.45) is 5.41 Å². The van der Waals surface area contributed by atoms with E-state index in [-0.39, 0.29) is 28.8 Å². The van der Waals surface area contributed by atoms with Crippen molar-refractivity contribution in [2.45, 2.75) is 32.2 Å². The summed E-state index contributed by atoms with van der Waals surface area (Å²) in [5.74, 6) is -0.423. The number of carbonyl (C=O) groups excluding carboxylic acids is 2. The van der Waals surface area contributed by atoms with Crippen LogP contribution in [0.25, 0.3) is 0 Å². The molecule has 0 aliphatic carbocycles. The lowest BCUT2D eigenvalue weighted by Gasteiger charge is -2.39. The molecule has 1 unspecified atom stereocenters. The Hall–Kier alpha value is -4.01. The number of benzene rings is 2. The number of aryl methyl sites for hydroxylation is 1. The van der Waals surface area contributed by atoms with Crippen molar-refractivity contribution in [1.29, 1.82) is 0 Å². The van der Waals surface area contributed by atoms with Gasteiger partial charge in [0.2, 0.25) is 11.8 Å². The minimum Gasteiger partial charge on any atom is -0.478 e. The van der Waals surface area contributed by atoms with Gasteiger partial charge in [-0.1, -0.05) is 24.3 Å². The van der Waals surface area contributed by atoms with E-state index in [1.807, 2.05) is 23.1 Å². The van der Waals surface area contributed by atoms with Gasteiger partial charge in [-0.2, -0.15) is 0 Å². The second-order valence-electron chi connectivity index (χ2n) is 9.36. The Bertz CT molecular complexity index is 1260. The molecule has 0 saturated carbocycles. The second-order valence-corrected chi connectivity index (χ2v) is 9.36. The van der Waals surface area contributed by atoms with E-state index in [0.29, 0.717) is 49.0 Å². The maximum absolute atomic E-state index is 13.4. The summed E-state index contributed by atoms with van der Waals surface area (Å²) < 4.78 is 5.74. The third kappa shape index (κ3) is 4.41. The molecule has 2 amide bonds. The predicted octanol–water partition coefficient (Wildman–Crippen LogP) is 3.59. The molecule has 1 atom stereocenters. The van der Waals surface area contributed by atoms with Crippen LogP contribution in [0.4, 0.5) is 0 Å². The van der Waals surface area contributed by atoms with Crippen molar-refractivity contribution in [3.8, 4) is 0 Å². The molecule has 2 aromatic carbocycles. The fourth-order valence-electron chi connectivity index (χ4n) is 5.20. The van der Waals surface area contributed by atoms with E-state index < -0.39 is 5.97 Å². The Morgan fingerprint density at radius 1 is 0.943 bits per heavy atom. The third-order valence-electron chi connectivity index (χ3n) is 7.08. The van der Waals surface area contributed by atoms with Crippen molar-refractivity contribution >= 4 is 17.8 Å². The number of hydrogen-bond acceptors (Lipinski definition) is 6. The number of carboxylic acids is 1. The molecule has 9 heteroatoms. The van der Waals surface area contributed by atoms with Crippen LogP contribution in [0, 0.1) is 12.3 Å². The van der Waals surface area contributed by atoms with Crippen LogP contribution in [0.2, 0.25) is 0 Å². The Labute approximate surface area is 202 Å². The minimum absolute atomic E-state index is 0.0766. The average molecular weight is 475 g/mol. The Kier molecular flexibility index (Phi) is 5.84. The summed E-state index contributed by atoms with van der Waals surface area (Å²) >= 11 is 0. The molecule has 2 aliphatic heterocycles. The highest BCUT2D eigenvalue weighted by molar-refractivity contribution is 5.97. The number of carbonyl (C=O) groups is 3. The lowest BCUT2D eigenvalue weighted by molar-refractivity contribution is 0.0562. The zero-order valence-electron chi connectivity index (χ0n) is 19.4. The van der Waals surface area contributed by atoms with Crippen LogP contribution < -0.4 is 0 Å². The largest absolute Gasteiger partial charge is 0.478 e. The lowest BCUT2D eigenvalue weighted by Crippen LogP contribution is -2.44. The van der Waals surface area contributed by atoms with Gasteiger partial charge in [-0.3, -0.25) is 9.59 Å². The molecule has 0 bridgehead atoms. The molecule has 9 nitrogen and oxygen atoms in total. The van der Waals surface area contributed by atoms with Crippen molar-refractivity contribution in [3.63, 3.8) is 0 Å². The van der Waals surface area contributed by atoms with E-state index in [0.717, 1.165) is 12.8 Å². The molecule has 1 spiro atoms. The molecule has 2 saturated heterocycles. The van der Waals surface area contributed by atoms with Gasteiger partial charge in [0.25, 0.3) is 11.8 Å². The van der Waals surface area contributed by atoms with Crippen LogP contribution in [-0.2, 0) is 0 Å². The second kappa shape index (κ2) is 8.98. The molecule has 180 valence electrons. The predicted molar refractivity (Wildman–Crippen MR) is 125 cm³/mol. The number of carboxylic acid groups (broad SMARTS) is 1. The maximum atomic E-state index is 13.4. The summed E-state index contributed by atoms with van der Waals surface area (Å²) in [6.07, 6.45) is 2.13. The average Bonchev–Trinajstić information content (AvgIpc) is 3.48. The smallest absolute Gasteiger partial charge is 0.335 e. The van der Waals surface area contributed by atoms with E-state index in [9.17, 15) is 19.5 Å². The van der Waals surface area contributed by atoms with Crippen LogP contribution in [0.1, 0.15) is 68.2 Å². The number of hydrogen-bond donors (Lipinski definition) is 1. The summed E-state index contributed by atoms with van der Waals surface area (Å²) in [6, 6.07) is 15.0. The highest BCUT2D eigenvalue weighted by Gasteiger charge is 2.50. The summed E-state index contributed by atoms with van der Waals surface area (Å²) in [5, 5.41) is 17.4. The summed E-state index contributed by atoms with van der Waals surface area (Å²) in [6.45, 7) is 3.33. The summed E-state index contributed by atoms with van der Waals surface area (Å²) in [7, 11) is 0. The summed E-state index contributed by atoms with van der Waals surface area (Å²) in [4.78, 5) is 41.4. The van der Waals surface area contributed by atoms with Gasteiger partial charge in [0, 0.05) is 37.7 Å². The first-order valence-electron chi connectivity index (χ1n) is 11.6. The summed E-state index contributed by atoms with van der Waals surface area (Å²) in [5.41, 5.74) is 0.897. The van der Waals surface area contributed by atoms with Crippen LogP contribution in [0.15, 0.2) is 59.0 Å². The van der Waals surface area contributed by atoms with Gasteiger partial charge >= 0.3 is 5.97 Å². The van der Waals surface area contributed by atoms with Gasteiger partial charge in [-0.15, -0.1) is 10.2 Å². The number of aromatic nitrogens is 2. The standard InChI is InChI=1S/C26H26N4O5/c1-17-27-28-22(35-17)21-15-26(16-30(21)24(32)18-6-3-2-4-7-18)10-12-29(13-11-26)23(31)19-8-5-9-20(14-19)25(33)34/h2-9,14,21H,10-13,15-16H2,1H3,(H,33,34). The number of nitrogens with zero attached hydrogens (tertiary/aromatic N) is 4. The number of rotatable bonds is 4. The molecule has 35 heavy (non-hydrogen) atoms. The van der Waals surface area contributed by atoms with Crippen molar-refractivity contribution in [1.82, 2.24) is 20.0 Å². The molecule has 2 aliphatic rings. The first-order valence-corrected chi connectivity index (χ1v) is 11.6. The Morgan fingerprint density at radius 2 is 1.63 bits per heavy atom. The fourth-order valence-corrected chi connectivity index (χ4v) is 5.20. The number of piperidine rings is 1. The first-order chi connectivity index (χ1) is 16.8. The zero-order chi connectivity index (χ0) is 24.6. The van der Waals surface area contributed by atoms with Crippen molar-refractivity contribution in [2.75, 3.05) is 19.6 Å². The highest BCUT2D eigenvalue weighted by Crippen LogP contribution is 2.49. The van der Waals surface area contributed by atoms with Gasteiger partial charge in [-0.05, 0) is 55.0 Å². The minimum atomic E-state index is -1.06. The Morgan fingerprint density at radius 3 is 2.29 bits per heavy atom. The molecule has 3 aromatic rings. The zero-order valence-corrected chi connectivity index (χ0v) is 19.4. The lowest BCUT2D eigenvalue weighted by atomic mass is 9.76. The highest BCUT2D eigenvalue weighted by atomic mass is 16.4. The quantitative estimate of drug-likeness (QED) is 0.614. The van der Waals surface area contributed by atoms with Crippen molar-refractivity contribution in [3.05, 3.63) is 83.1 Å². The first kappa shape index (κ1) is 22.8. The number of likely N-dealkylation sites (tertiary alicyclic amines) is 2. The Balaban J connectivity index is 1.34. The van der Waals surface area contributed by atoms with E-state index in [1.54, 1.807) is 36.1 Å². The molecule has 1 aromatic heterocycles. The maximum Gasteiger partial charge on any atom is 0.335 e. The molecule has 3 heterocycles. The van der Waals surface area contributed by atoms with Gasteiger partial charge in [0.05, 0.1) is 5.56 Å². The van der Waals surface area contributed by atoms with Crippen LogP contribution in [-0.4, -0.2) is 62.5 Å². The van der Waals surface area contributed by atoms with E-state index >= 15 is 0 Å². The SMILES string of the molecule is Cc1nnc(C2CC3(CCN(C(=O)c4cccc(C(=O)O)c4)CC3)CN2C(=O)c2ccccc2)o1. The van der Waals surface area contributed by atoms with Gasteiger partial charge in [-0.25, -0.2) is 4.79 Å². The van der Waals surface area contributed by atoms with Gasteiger partial charge in [0.1, 0.15) is 6.04 Å². The number of amides is 2. The molecule has 0 radical (unpaired) electrons. The monoisotopic (exact) mass is 474 g/mol. The molecule has 1 N–H and O–H groups in total. The third-order valence-corrected chi connectivity index (χ3v) is 7.08. The normalized spacial score (nSPS) is 19.2. The molecule has 2 fully saturated rings. The van der Waals surface area contributed by atoms with Crippen LogP contribution in [0.3, 0.4) is 0 Å². The number of aromatic carboxylic acids is 1. The van der Waals surface area contributed by atoms with E-state index in [1.165, 1.54) is 12.1 Å². The fraction of sp³-hybridized carbons (Fsp3) is 0.346. The van der Waals surface area contributed by atoms with Crippen LogP contribution >= 0.6 is 0 Å².